The van der Waals surface area contributed by atoms with Crippen molar-refractivity contribution in [3.63, 3.8) is 0 Å². The number of aromatic nitrogens is 1. The molecule has 0 spiro atoms. The molecule has 2 heterocycles. The summed E-state index contributed by atoms with van der Waals surface area (Å²) in [7, 11) is -3.60. The number of aromatic hydroxyl groups is 1. The molecule has 1 fully saturated rings. The zero-order chi connectivity index (χ0) is 19.6. The molecule has 1 aliphatic heterocycles. The predicted octanol–water partition coefficient (Wildman–Crippen LogP) is 2.68. The van der Waals surface area contributed by atoms with Crippen LogP contribution < -0.4 is 5.32 Å². The van der Waals surface area contributed by atoms with E-state index >= 15 is 0 Å². The molecular formula is C17H17Cl2N3O4S. The van der Waals surface area contributed by atoms with E-state index < -0.39 is 15.9 Å². The summed E-state index contributed by atoms with van der Waals surface area (Å²) in [6.45, 7) is 0.537. The predicted molar refractivity (Wildman–Crippen MR) is 102 cm³/mol. The van der Waals surface area contributed by atoms with Crippen LogP contribution in [0.4, 0.5) is 0 Å². The van der Waals surface area contributed by atoms with E-state index in [1.165, 1.54) is 34.9 Å². The fourth-order valence-electron chi connectivity index (χ4n) is 2.89. The van der Waals surface area contributed by atoms with Crippen molar-refractivity contribution in [3.8, 4) is 5.75 Å². The van der Waals surface area contributed by atoms with Crippen LogP contribution in [0, 0.1) is 0 Å². The van der Waals surface area contributed by atoms with Gasteiger partial charge in [0.15, 0.2) is 0 Å². The number of rotatable bonds is 4. The van der Waals surface area contributed by atoms with E-state index in [1.54, 1.807) is 6.07 Å². The maximum Gasteiger partial charge on any atom is 0.255 e. The summed E-state index contributed by atoms with van der Waals surface area (Å²) in [5.41, 5.74) is -0.0158. The lowest BCUT2D eigenvalue weighted by Gasteiger charge is -2.31. The molecule has 0 bridgehead atoms. The quantitative estimate of drug-likeness (QED) is 0.777. The molecule has 1 aromatic carbocycles. The highest BCUT2D eigenvalue weighted by atomic mass is 35.5. The second kappa shape index (κ2) is 8.02. The Morgan fingerprint density at radius 2 is 1.96 bits per heavy atom. The molecule has 7 nitrogen and oxygen atoms in total. The molecule has 27 heavy (non-hydrogen) atoms. The first kappa shape index (κ1) is 19.9. The average molecular weight is 430 g/mol. The number of benzene rings is 1. The highest BCUT2D eigenvalue weighted by molar-refractivity contribution is 7.89. The molecule has 1 aromatic heterocycles. The number of nitrogens with zero attached hydrogens (tertiary/aromatic N) is 2. The summed E-state index contributed by atoms with van der Waals surface area (Å²) < 4.78 is 26.6. The van der Waals surface area contributed by atoms with Gasteiger partial charge in [0, 0.05) is 36.5 Å². The van der Waals surface area contributed by atoms with E-state index in [0.717, 1.165) is 0 Å². The molecule has 144 valence electrons. The van der Waals surface area contributed by atoms with Crippen molar-refractivity contribution in [2.75, 3.05) is 13.1 Å². The zero-order valence-corrected chi connectivity index (χ0v) is 16.4. The number of nitrogens with one attached hydrogen (secondary N) is 1. The van der Waals surface area contributed by atoms with Crippen LogP contribution in [0.5, 0.6) is 5.75 Å². The van der Waals surface area contributed by atoms with Gasteiger partial charge in [-0.15, -0.1) is 0 Å². The van der Waals surface area contributed by atoms with Crippen molar-refractivity contribution in [3.05, 3.63) is 52.3 Å². The number of carbonyl (C=O) groups is 1. The normalized spacial score (nSPS) is 16.2. The summed E-state index contributed by atoms with van der Waals surface area (Å²) >= 11 is 11.7. The third kappa shape index (κ3) is 4.35. The number of amides is 1. The highest BCUT2D eigenvalue weighted by Crippen LogP contribution is 2.31. The average Bonchev–Trinajstić information content (AvgIpc) is 2.65. The molecule has 1 amide bonds. The lowest BCUT2D eigenvalue weighted by Crippen LogP contribution is -2.46. The van der Waals surface area contributed by atoms with Crippen LogP contribution in [0.15, 0.2) is 41.6 Å². The van der Waals surface area contributed by atoms with E-state index in [4.69, 9.17) is 23.2 Å². The molecule has 10 heteroatoms. The fraction of sp³-hybridized carbons (Fsp3) is 0.294. The Morgan fingerprint density at radius 1 is 1.26 bits per heavy atom. The minimum Gasteiger partial charge on any atom is -0.506 e. The molecule has 1 saturated heterocycles. The van der Waals surface area contributed by atoms with Crippen LogP contribution >= 0.6 is 23.2 Å². The lowest BCUT2D eigenvalue weighted by atomic mass is 10.1. The van der Waals surface area contributed by atoms with Crippen LogP contribution in [-0.2, 0) is 10.0 Å². The number of sulfonamides is 1. The Balaban J connectivity index is 1.64. The van der Waals surface area contributed by atoms with Crippen LogP contribution in [0.3, 0.4) is 0 Å². The number of hydrogen-bond acceptors (Lipinski definition) is 5. The standard InChI is InChI=1S/C17H17Cl2N3O4S/c18-11-8-14(16(23)15(19)9-11)17(24)21-12-3-6-22(7-4-12)27(25,26)13-2-1-5-20-10-13/h1-2,5,8-10,12,23H,3-4,6-7H2,(H,21,24). The lowest BCUT2D eigenvalue weighted by molar-refractivity contribution is 0.0921. The van der Waals surface area contributed by atoms with E-state index in [-0.39, 0.29) is 45.4 Å². The Hall–Kier alpha value is -1.87. The highest BCUT2D eigenvalue weighted by Gasteiger charge is 2.30. The number of phenols is 1. The van der Waals surface area contributed by atoms with Gasteiger partial charge in [-0.3, -0.25) is 9.78 Å². The van der Waals surface area contributed by atoms with Crippen LogP contribution in [-0.4, -0.2) is 47.9 Å². The molecule has 0 unspecified atom stereocenters. The van der Waals surface area contributed by atoms with Gasteiger partial charge in [-0.2, -0.15) is 4.31 Å². The first-order chi connectivity index (χ1) is 12.8. The minimum absolute atomic E-state index is 0.00923. The van der Waals surface area contributed by atoms with Gasteiger partial charge in [0.2, 0.25) is 10.0 Å². The van der Waals surface area contributed by atoms with Gasteiger partial charge >= 0.3 is 0 Å². The van der Waals surface area contributed by atoms with Crippen LogP contribution in [0.25, 0.3) is 0 Å². The maximum atomic E-state index is 12.6. The molecule has 1 aliphatic rings. The van der Waals surface area contributed by atoms with E-state index in [2.05, 4.69) is 10.3 Å². The smallest absolute Gasteiger partial charge is 0.255 e. The molecule has 0 aliphatic carbocycles. The van der Waals surface area contributed by atoms with Gasteiger partial charge in [-0.1, -0.05) is 23.2 Å². The monoisotopic (exact) mass is 429 g/mol. The van der Waals surface area contributed by atoms with Crippen molar-refractivity contribution < 1.29 is 18.3 Å². The second-order valence-corrected chi connectivity index (χ2v) is 8.91. The number of halogens is 2. The number of pyridine rings is 1. The van der Waals surface area contributed by atoms with E-state index in [1.807, 2.05) is 0 Å². The summed E-state index contributed by atoms with van der Waals surface area (Å²) in [5.74, 6) is -0.847. The van der Waals surface area contributed by atoms with Gasteiger partial charge < -0.3 is 10.4 Å². The summed E-state index contributed by atoms with van der Waals surface area (Å²) in [5, 5.41) is 13.0. The number of carbonyl (C=O) groups excluding carboxylic acids is 1. The summed E-state index contributed by atoms with van der Waals surface area (Å²) in [6.07, 6.45) is 3.72. The molecular weight excluding hydrogens is 413 g/mol. The minimum atomic E-state index is -3.60. The van der Waals surface area contributed by atoms with E-state index in [0.29, 0.717) is 12.8 Å². The van der Waals surface area contributed by atoms with Crippen molar-refractivity contribution in [2.24, 2.45) is 0 Å². The van der Waals surface area contributed by atoms with Gasteiger partial charge in [-0.05, 0) is 37.1 Å². The Kier molecular flexibility index (Phi) is 5.90. The molecule has 0 atom stereocenters. The Bertz CT molecular complexity index is 946. The first-order valence-electron chi connectivity index (χ1n) is 8.18. The van der Waals surface area contributed by atoms with Crippen molar-refractivity contribution in [1.82, 2.24) is 14.6 Å². The molecule has 2 aromatic rings. The van der Waals surface area contributed by atoms with Gasteiger partial charge in [0.1, 0.15) is 10.6 Å². The van der Waals surface area contributed by atoms with Gasteiger partial charge in [0.05, 0.1) is 10.6 Å². The van der Waals surface area contributed by atoms with Gasteiger partial charge in [0.25, 0.3) is 5.91 Å². The summed E-state index contributed by atoms with van der Waals surface area (Å²) in [4.78, 5) is 16.4. The Labute approximate surface area is 167 Å². The SMILES string of the molecule is O=C(NC1CCN(S(=O)(=O)c2cccnc2)CC1)c1cc(Cl)cc(Cl)c1O. The topological polar surface area (TPSA) is 99.6 Å². The van der Waals surface area contributed by atoms with Crippen molar-refractivity contribution in [1.29, 1.82) is 0 Å². The molecule has 3 rings (SSSR count). The van der Waals surface area contributed by atoms with Crippen LogP contribution in [0.1, 0.15) is 23.2 Å². The van der Waals surface area contributed by atoms with Gasteiger partial charge in [-0.25, -0.2) is 8.42 Å². The number of phenolic OH excluding ortho intramolecular Hbond substituents is 1. The Morgan fingerprint density at radius 3 is 2.59 bits per heavy atom. The fourth-order valence-corrected chi connectivity index (χ4v) is 4.82. The van der Waals surface area contributed by atoms with Crippen molar-refractivity contribution >= 4 is 39.1 Å². The number of hydrogen-bond donors (Lipinski definition) is 2. The van der Waals surface area contributed by atoms with Crippen molar-refractivity contribution in [2.45, 2.75) is 23.8 Å². The summed E-state index contributed by atoms with van der Waals surface area (Å²) in [6, 6.07) is 5.52. The third-order valence-corrected chi connectivity index (χ3v) is 6.72. The maximum absolute atomic E-state index is 12.6. The zero-order valence-electron chi connectivity index (χ0n) is 14.1. The molecule has 0 saturated carbocycles. The molecule has 2 N–H and O–H groups in total. The number of piperidine rings is 1. The largest absolute Gasteiger partial charge is 0.506 e. The third-order valence-electron chi connectivity index (χ3n) is 4.33. The molecule has 0 radical (unpaired) electrons. The van der Waals surface area contributed by atoms with E-state index in [9.17, 15) is 18.3 Å². The first-order valence-corrected chi connectivity index (χ1v) is 10.4. The second-order valence-electron chi connectivity index (χ2n) is 6.12. The van der Waals surface area contributed by atoms with Crippen LogP contribution in [0.2, 0.25) is 10.0 Å².